The van der Waals surface area contributed by atoms with Crippen molar-refractivity contribution in [1.82, 2.24) is 4.83 Å². The molecule has 0 aliphatic carbocycles. The number of hydrogen-bond donors (Lipinski definition) is 1. The second-order valence-corrected chi connectivity index (χ2v) is 6.28. The van der Waals surface area contributed by atoms with Crippen molar-refractivity contribution in [3.05, 3.63) is 65.7 Å². The largest absolute Gasteiger partial charge is 0.478 e. The van der Waals surface area contributed by atoms with E-state index in [1.807, 2.05) is 12.1 Å². The van der Waals surface area contributed by atoms with Crippen LogP contribution in [-0.4, -0.2) is 21.2 Å². The molecule has 0 radical (unpaired) electrons. The van der Waals surface area contributed by atoms with Crippen molar-refractivity contribution in [3.8, 4) is 11.8 Å². The van der Waals surface area contributed by atoms with Gasteiger partial charge in [0.05, 0.1) is 12.0 Å². The lowest BCUT2D eigenvalue weighted by Crippen LogP contribution is -2.20. The van der Waals surface area contributed by atoms with E-state index in [2.05, 4.69) is 9.93 Å². The molecule has 23 heavy (non-hydrogen) atoms. The SMILES string of the molecule is N#CCOc1ccccc1/C=N/NS(=O)(=O)Cc1ccccc1. The predicted molar refractivity (Wildman–Crippen MR) is 87.3 cm³/mol. The number of ether oxygens (including phenoxy) is 1. The minimum atomic E-state index is -3.58. The maximum atomic E-state index is 11.9. The zero-order valence-corrected chi connectivity index (χ0v) is 13.0. The third kappa shape index (κ3) is 5.45. The summed E-state index contributed by atoms with van der Waals surface area (Å²) in [5.41, 5.74) is 1.25. The molecule has 0 unspecified atom stereocenters. The summed E-state index contributed by atoms with van der Waals surface area (Å²) in [5.74, 6) is 0.303. The normalized spacial score (nSPS) is 11.1. The van der Waals surface area contributed by atoms with E-state index in [4.69, 9.17) is 10.00 Å². The smallest absolute Gasteiger partial charge is 0.251 e. The van der Waals surface area contributed by atoms with Gasteiger partial charge in [0.2, 0.25) is 0 Å². The molecule has 2 rings (SSSR count). The molecule has 6 nitrogen and oxygen atoms in total. The van der Waals surface area contributed by atoms with Gasteiger partial charge in [0.1, 0.15) is 11.8 Å². The third-order valence-electron chi connectivity index (χ3n) is 2.81. The lowest BCUT2D eigenvalue weighted by Gasteiger charge is -2.06. The number of para-hydroxylation sites is 1. The van der Waals surface area contributed by atoms with Crippen LogP contribution in [0.15, 0.2) is 59.7 Å². The van der Waals surface area contributed by atoms with Gasteiger partial charge in [-0.1, -0.05) is 42.5 Å². The first kappa shape index (κ1) is 16.5. The molecule has 0 saturated heterocycles. The van der Waals surface area contributed by atoms with Crippen LogP contribution in [-0.2, 0) is 15.8 Å². The van der Waals surface area contributed by atoms with Gasteiger partial charge in [0.25, 0.3) is 10.0 Å². The standard InChI is InChI=1S/C16H15N3O3S/c17-10-11-22-16-9-5-4-8-15(16)12-18-19-23(20,21)13-14-6-2-1-3-7-14/h1-9,12,19H,11,13H2/b18-12+. The minimum absolute atomic E-state index is 0.0927. The fraction of sp³-hybridized carbons (Fsp3) is 0.125. The minimum Gasteiger partial charge on any atom is -0.478 e. The van der Waals surface area contributed by atoms with E-state index in [0.717, 1.165) is 0 Å². The Bertz CT molecular complexity index is 812. The fourth-order valence-electron chi connectivity index (χ4n) is 1.83. The van der Waals surface area contributed by atoms with Gasteiger partial charge >= 0.3 is 0 Å². The number of nitrogens with zero attached hydrogens (tertiary/aromatic N) is 2. The summed E-state index contributed by atoms with van der Waals surface area (Å²) < 4.78 is 29.1. The van der Waals surface area contributed by atoms with Crippen molar-refractivity contribution >= 4 is 16.2 Å². The number of rotatable bonds is 7. The second-order valence-electron chi connectivity index (χ2n) is 4.58. The highest BCUT2D eigenvalue weighted by molar-refractivity contribution is 7.88. The molecule has 0 amide bonds. The zero-order chi connectivity index (χ0) is 16.5. The Morgan fingerprint density at radius 1 is 1.13 bits per heavy atom. The van der Waals surface area contributed by atoms with Gasteiger partial charge in [0.15, 0.2) is 6.61 Å². The maximum absolute atomic E-state index is 11.9. The molecule has 0 bridgehead atoms. The van der Waals surface area contributed by atoms with E-state index in [0.29, 0.717) is 16.9 Å². The van der Waals surface area contributed by atoms with Crippen LogP contribution in [0, 0.1) is 11.3 Å². The number of hydrogen-bond acceptors (Lipinski definition) is 5. The third-order valence-corrected chi connectivity index (χ3v) is 3.90. The summed E-state index contributed by atoms with van der Waals surface area (Å²) in [6.45, 7) is -0.0927. The molecule has 0 spiro atoms. The van der Waals surface area contributed by atoms with E-state index in [-0.39, 0.29) is 12.4 Å². The average molecular weight is 329 g/mol. The van der Waals surface area contributed by atoms with E-state index in [1.165, 1.54) is 6.21 Å². The highest BCUT2D eigenvalue weighted by Crippen LogP contribution is 2.15. The maximum Gasteiger partial charge on any atom is 0.251 e. The van der Waals surface area contributed by atoms with Crippen molar-refractivity contribution in [2.24, 2.45) is 5.10 Å². The molecule has 0 heterocycles. The Hall–Kier alpha value is -2.85. The van der Waals surface area contributed by atoms with Crippen molar-refractivity contribution in [2.45, 2.75) is 5.75 Å². The van der Waals surface area contributed by atoms with E-state index in [9.17, 15) is 8.42 Å². The number of benzene rings is 2. The first-order valence-electron chi connectivity index (χ1n) is 6.76. The molecule has 0 aromatic heterocycles. The van der Waals surface area contributed by atoms with Gasteiger partial charge in [0, 0.05) is 5.56 Å². The van der Waals surface area contributed by atoms with Crippen molar-refractivity contribution in [3.63, 3.8) is 0 Å². The van der Waals surface area contributed by atoms with Gasteiger partial charge in [-0.3, -0.25) is 0 Å². The monoisotopic (exact) mass is 329 g/mol. The van der Waals surface area contributed by atoms with Crippen LogP contribution in [0.3, 0.4) is 0 Å². The van der Waals surface area contributed by atoms with Gasteiger partial charge in [-0.2, -0.15) is 10.4 Å². The van der Waals surface area contributed by atoms with Crippen LogP contribution in [0.5, 0.6) is 5.75 Å². The molecule has 2 aromatic rings. The molecular weight excluding hydrogens is 314 g/mol. The van der Waals surface area contributed by atoms with Crippen LogP contribution >= 0.6 is 0 Å². The average Bonchev–Trinajstić information content (AvgIpc) is 2.54. The van der Waals surface area contributed by atoms with Crippen LogP contribution in [0.25, 0.3) is 0 Å². The molecule has 2 aromatic carbocycles. The number of nitriles is 1. The first-order chi connectivity index (χ1) is 11.1. The van der Waals surface area contributed by atoms with Crippen LogP contribution in [0.1, 0.15) is 11.1 Å². The molecule has 7 heteroatoms. The molecule has 0 atom stereocenters. The van der Waals surface area contributed by atoms with Crippen LogP contribution in [0.4, 0.5) is 0 Å². The lowest BCUT2D eigenvalue weighted by atomic mass is 10.2. The summed E-state index contributed by atoms with van der Waals surface area (Å²) in [5, 5.41) is 12.3. The summed E-state index contributed by atoms with van der Waals surface area (Å²) in [6.07, 6.45) is 1.34. The Morgan fingerprint density at radius 3 is 2.57 bits per heavy atom. The van der Waals surface area contributed by atoms with Crippen molar-refractivity contribution < 1.29 is 13.2 Å². The fourth-order valence-corrected chi connectivity index (χ4v) is 2.74. The van der Waals surface area contributed by atoms with Gasteiger partial charge in [-0.15, -0.1) is 0 Å². The zero-order valence-electron chi connectivity index (χ0n) is 12.2. The Labute approximate surface area is 135 Å². The summed E-state index contributed by atoms with van der Waals surface area (Å²) in [4.78, 5) is 2.16. The second kappa shape index (κ2) is 7.96. The topological polar surface area (TPSA) is 91.5 Å². The Balaban J connectivity index is 2.02. The van der Waals surface area contributed by atoms with Crippen molar-refractivity contribution in [2.75, 3.05) is 6.61 Å². The van der Waals surface area contributed by atoms with Crippen molar-refractivity contribution in [1.29, 1.82) is 5.26 Å². The first-order valence-corrected chi connectivity index (χ1v) is 8.41. The molecule has 0 aliphatic heterocycles. The number of sulfonamides is 1. The number of nitrogens with one attached hydrogen (secondary N) is 1. The molecular formula is C16H15N3O3S. The van der Waals surface area contributed by atoms with E-state index in [1.54, 1.807) is 48.5 Å². The summed E-state index contributed by atoms with van der Waals surface area (Å²) >= 11 is 0. The predicted octanol–water partition coefficient (Wildman–Crippen LogP) is 2.04. The van der Waals surface area contributed by atoms with Gasteiger partial charge in [-0.25, -0.2) is 13.2 Å². The van der Waals surface area contributed by atoms with E-state index >= 15 is 0 Å². The molecule has 0 aliphatic rings. The molecule has 0 fully saturated rings. The highest BCUT2D eigenvalue weighted by Gasteiger charge is 2.09. The molecule has 0 saturated carbocycles. The quantitative estimate of drug-likeness (QED) is 0.621. The molecule has 1 N–H and O–H groups in total. The van der Waals surface area contributed by atoms with Crippen LogP contribution in [0.2, 0.25) is 0 Å². The molecule has 118 valence electrons. The van der Waals surface area contributed by atoms with Gasteiger partial charge in [-0.05, 0) is 17.7 Å². The van der Waals surface area contributed by atoms with E-state index < -0.39 is 10.0 Å². The summed E-state index contributed by atoms with van der Waals surface area (Å²) in [7, 11) is -3.58. The van der Waals surface area contributed by atoms with Gasteiger partial charge < -0.3 is 4.74 Å². The highest BCUT2D eigenvalue weighted by atomic mass is 32.2. The Morgan fingerprint density at radius 2 is 1.83 bits per heavy atom. The summed E-state index contributed by atoms with van der Waals surface area (Å²) in [6, 6.07) is 17.6. The Kier molecular flexibility index (Phi) is 5.72. The lowest BCUT2D eigenvalue weighted by molar-refractivity contribution is 0.367. The number of hydrazone groups is 1. The van der Waals surface area contributed by atoms with Crippen LogP contribution < -0.4 is 9.57 Å².